The number of benzene rings is 1. The molecule has 0 radical (unpaired) electrons. The molecule has 0 saturated carbocycles. The monoisotopic (exact) mass is 217 g/mol. The third kappa shape index (κ3) is 3.33. The molecule has 80 valence electrons. The highest BCUT2D eigenvalue weighted by Crippen LogP contribution is 2.10. The van der Waals surface area contributed by atoms with Gasteiger partial charge in [-0.25, -0.2) is 13.1 Å². The van der Waals surface area contributed by atoms with Crippen molar-refractivity contribution >= 4 is 15.7 Å². The summed E-state index contributed by atoms with van der Waals surface area (Å²) in [5.41, 5.74) is 10.4. The molecule has 0 heterocycles. The highest BCUT2D eigenvalue weighted by molar-refractivity contribution is 7.89. The first-order valence-electron chi connectivity index (χ1n) is 3.93. The quantitative estimate of drug-likeness (QED) is 0.595. The fourth-order valence-electron chi connectivity index (χ4n) is 0.765. The molecular formula is C8H15N3O2S. The summed E-state index contributed by atoms with van der Waals surface area (Å²) in [6.07, 6.45) is 0. The number of nitrogen functional groups attached to an aromatic ring is 1. The first-order valence-corrected chi connectivity index (χ1v) is 5.41. The van der Waals surface area contributed by atoms with E-state index in [-0.39, 0.29) is 4.90 Å². The number of hydrogen-bond donors (Lipinski definition) is 3. The van der Waals surface area contributed by atoms with E-state index in [2.05, 4.69) is 10.5 Å². The molecule has 0 unspecified atom stereocenters. The third-order valence-electron chi connectivity index (χ3n) is 1.46. The number of sulfonamides is 1. The SMILES string of the molecule is CN.CNS(=O)(=O)c1ccc(N)cc1. The average molecular weight is 217 g/mol. The molecule has 0 aliphatic rings. The Labute approximate surface area is 84.2 Å². The van der Waals surface area contributed by atoms with Crippen molar-refractivity contribution in [2.24, 2.45) is 5.73 Å². The van der Waals surface area contributed by atoms with Crippen molar-refractivity contribution in [3.8, 4) is 0 Å². The second-order valence-corrected chi connectivity index (χ2v) is 4.16. The van der Waals surface area contributed by atoms with Crippen molar-refractivity contribution in [3.63, 3.8) is 0 Å². The largest absolute Gasteiger partial charge is 0.399 e. The van der Waals surface area contributed by atoms with Crippen molar-refractivity contribution in [1.82, 2.24) is 4.72 Å². The topological polar surface area (TPSA) is 98.2 Å². The molecule has 5 N–H and O–H groups in total. The minimum atomic E-state index is -3.32. The van der Waals surface area contributed by atoms with Crippen LogP contribution in [0.5, 0.6) is 0 Å². The maximum absolute atomic E-state index is 11.2. The molecule has 1 rings (SSSR count). The van der Waals surface area contributed by atoms with Crippen molar-refractivity contribution < 1.29 is 8.42 Å². The van der Waals surface area contributed by atoms with E-state index in [4.69, 9.17) is 5.73 Å². The molecule has 1 aromatic carbocycles. The van der Waals surface area contributed by atoms with Crippen LogP contribution in [0.15, 0.2) is 29.2 Å². The molecule has 0 aromatic heterocycles. The van der Waals surface area contributed by atoms with Gasteiger partial charge in [0, 0.05) is 5.69 Å². The lowest BCUT2D eigenvalue weighted by atomic mass is 10.3. The highest BCUT2D eigenvalue weighted by Gasteiger charge is 2.09. The van der Waals surface area contributed by atoms with E-state index >= 15 is 0 Å². The molecule has 14 heavy (non-hydrogen) atoms. The highest BCUT2D eigenvalue weighted by atomic mass is 32.2. The zero-order valence-corrected chi connectivity index (χ0v) is 9.01. The van der Waals surface area contributed by atoms with Crippen LogP contribution < -0.4 is 16.2 Å². The molecule has 0 atom stereocenters. The molecule has 0 amide bonds. The summed E-state index contributed by atoms with van der Waals surface area (Å²) in [7, 11) is -0.454. The van der Waals surface area contributed by atoms with Crippen molar-refractivity contribution in [1.29, 1.82) is 0 Å². The molecule has 0 aliphatic heterocycles. The summed E-state index contributed by atoms with van der Waals surface area (Å²) in [5, 5.41) is 0. The number of anilines is 1. The Kier molecular flexibility index (Phi) is 5.14. The number of hydrogen-bond acceptors (Lipinski definition) is 4. The lowest BCUT2D eigenvalue weighted by Gasteiger charge is -2.01. The fourth-order valence-corrected chi connectivity index (χ4v) is 1.49. The Morgan fingerprint density at radius 3 is 1.93 bits per heavy atom. The molecule has 0 saturated heterocycles. The first-order chi connectivity index (χ1) is 6.56. The number of nitrogens with one attached hydrogen (secondary N) is 1. The minimum absolute atomic E-state index is 0.221. The molecule has 0 bridgehead atoms. The Balaban J connectivity index is 0.000000791. The molecule has 6 heteroatoms. The zero-order chi connectivity index (χ0) is 11.2. The van der Waals surface area contributed by atoms with E-state index in [1.807, 2.05) is 0 Å². The van der Waals surface area contributed by atoms with E-state index in [1.54, 1.807) is 12.1 Å². The predicted octanol–water partition coefficient (Wildman–Crippen LogP) is -0.248. The fraction of sp³-hybridized carbons (Fsp3) is 0.250. The smallest absolute Gasteiger partial charge is 0.240 e. The van der Waals surface area contributed by atoms with Gasteiger partial charge in [0.1, 0.15) is 0 Å². The van der Waals surface area contributed by atoms with Crippen LogP contribution in [0.3, 0.4) is 0 Å². The molecule has 1 aromatic rings. The molecule has 0 spiro atoms. The van der Waals surface area contributed by atoms with Crippen LogP contribution in [0.25, 0.3) is 0 Å². The van der Waals surface area contributed by atoms with Gasteiger partial charge in [0.15, 0.2) is 0 Å². The van der Waals surface area contributed by atoms with Crippen LogP contribution in [-0.4, -0.2) is 22.5 Å². The molecule has 0 fully saturated rings. The van der Waals surface area contributed by atoms with Crippen LogP contribution in [0, 0.1) is 0 Å². The van der Waals surface area contributed by atoms with Gasteiger partial charge in [-0.2, -0.15) is 0 Å². The Bertz CT molecular complexity index is 359. The summed E-state index contributed by atoms with van der Waals surface area (Å²) in [5.74, 6) is 0. The van der Waals surface area contributed by atoms with Crippen molar-refractivity contribution in [2.75, 3.05) is 19.8 Å². The van der Waals surface area contributed by atoms with Crippen LogP contribution in [0.4, 0.5) is 5.69 Å². The van der Waals surface area contributed by atoms with E-state index < -0.39 is 10.0 Å². The van der Waals surface area contributed by atoms with Crippen LogP contribution >= 0.6 is 0 Å². The van der Waals surface area contributed by atoms with Gasteiger partial charge < -0.3 is 11.5 Å². The van der Waals surface area contributed by atoms with Crippen LogP contribution in [0.2, 0.25) is 0 Å². The summed E-state index contributed by atoms with van der Waals surface area (Å²) in [6.45, 7) is 0. The van der Waals surface area contributed by atoms with Crippen LogP contribution in [0.1, 0.15) is 0 Å². The van der Waals surface area contributed by atoms with Gasteiger partial charge in [0.2, 0.25) is 10.0 Å². The maximum Gasteiger partial charge on any atom is 0.240 e. The normalized spacial score (nSPS) is 10.2. The summed E-state index contributed by atoms with van der Waals surface area (Å²) in [4.78, 5) is 0.221. The van der Waals surface area contributed by atoms with Gasteiger partial charge in [0.25, 0.3) is 0 Å². The summed E-state index contributed by atoms with van der Waals surface area (Å²) < 4.78 is 24.5. The van der Waals surface area contributed by atoms with Gasteiger partial charge in [-0.1, -0.05) is 0 Å². The minimum Gasteiger partial charge on any atom is -0.399 e. The van der Waals surface area contributed by atoms with Gasteiger partial charge in [0.05, 0.1) is 4.90 Å². The lowest BCUT2D eigenvalue weighted by molar-refractivity contribution is 0.588. The lowest BCUT2D eigenvalue weighted by Crippen LogP contribution is -2.18. The van der Waals surface area contributed by atoms with Gasteiger partial charge in [-0.05, 0) is 38.4 Å². The van der Waals surface area contributed by atoms with E-state index in [9.17, 15) is 8.42 Å². The number of rotatable bonds is 2. The summed E-state index contributed by atoms with van der Waals surface area (Å²) >= 11 is 0. The predicted molar refractivity (Wildman–Crippen MR) is 57.2 cm³/mol. The van der Waals surface area contributed by atoms with E-state index in [0.717, 1.165) is 0 Å². The maximum atomic E-state index is 11.2. The van der Waals surface area contributed by atoms with Crippen molar-refractivity contribution in [2.45, 2.75) is 4.90 Å². The molecule has 0 aliphatic carbocycles. The van der Waals surface area contributed by atoms with Gasteiger partial charge in [-0.15, -0.1) is 0 Å². The first kappa shape index (κ1) is 12.9. The summed E-state index contributed by atoms with van der Waals surface area (Å²) in [6, 6.07) is 6.01. The second kappa shape index (κ2) is 5.58. The number of nitrogens with two attached hydrogens (primary N) is 2. The van der Waals surface area contributed by atoms with Gasteiger partial charge in [-0.3, -0.25) is 0 Å². The molecular weight excluding hydrogens is 202 g/mol. The third-order valence-corrected chi connectivity index (χ3v) is 2.89. The Hall–Kier alpha value is -1.11. The zero-order valence-electron chi connectivity index (χ0n) is 8.19. The van der Waals surface area contributed by atoms with Gasteiger partial charge >= 0.3 is 0 Å². The Morgan fingerprint density at radius 2 is 1.57 bits per heavy atom. The van der Waals surface area contributed by atoms with Crippen LogP contribution in [-0.2, 0) is 10.0 Å². The standard InChI is InChI=1S/C7H10N2O2S.CH5N/c1-9-12(10,11)7-4-2-6(8)3-5-7;1-2/h2-5,9H,8H2,1H3;2H2,1H3. The van der Waals surface area contributed by atoms with Crippen molar-refractivity contribution in [3.05, 3.63) is 24.3 Å². The van der Waals surface area contributed by atoms with E-state index in [0.29, 0.717) is 5.69 Å². The second-order valence-electron chi connectivity index (χ2n) is 2.28. The molecule has 5 nitrogen and oxygen atoms in total. The van der Waals surface area contributed by atoms with E-state index in [1.165, 1.54) is 26.2 Å². The Morgan fingerprint density at radius 1 is 1.14 bits per heavy atom. The average Bonchev–Trinajstić information content (AvgIpc) is 2.21.